The predicted octanol–water partition coefficient (Wildman–Crippen LogP) is 2.62. The van der Waals surface area contributed by atoms with Gasteiger partial charge in [0, 0.05) is 11.6 Å². The number of rotatable bonds is 6. The summed E-state index contributed by atoms with van der Waals surface area (Å²) in [7, 11) is 0. The second-order valence-electron chi connectivity index (χ2n) is 5.10. The van der Waals surface area contributed by atoms with E-state index in [1.807, 2.05) is 0 Å². The molecule has 90 valence electrons. The summed E-state index contributed by atoms with van der Waals surface area (Å²) in [4.78, 5) is 2.54. The Morgan fingerprint density at radius 3 is 2.07 bits per heavy atom. The molecule has 1 saturated carbocycles. The number of nitrogens with two attached hydrogens (primary N) is 1. The topological polar surface area (TPSA) is 29.3 Å². The first kappa shape index (κ1) is 13.0. The van der Waals surface area contributed by atoms with E-state index in [1.54, 1.807) is 0 Å². The van der Waals surface area contributed by atoms with Gasteiger partial charge in [-0.2, -0.15) is 0 Å². The lowest BCUT2D eigenvalue weighted by Gasteiger charge is -2.49. The Hall–Kier alpha value is -0.0800. The van der Waals surface area contributed by atoms with Gasteiger partial charge < -0.3 is 5.73 Å². The molecule has 15 heavy (non-hydrogen) atoms. The van der Waals surface area contributed by atoms with Crippen molar-refractivity contribution in [2.24, 2.45) is 11.7 Å². The summed E-state index contributed by atoms with van der Waals surface area (Å²) in [5.74, 6) is 0.774. The zero-order valence-electron chi connectivity index (χ0n) is 10.9. The lowest BCUT2D eigenvalue weighted by atomic mass is 9.71. The molecule has 1 aliphatic rings. The number of hydrogen-bond donors (Lipinski definition) is 1. The van der Waals surface area contributed by atoms with Crippen LogP contribution in [0, 0.1) is 5.92 Å². The van der Waals surface area contributed by atoms with E-state index in [0.717, 1.165) is 25.4 Å². The minimum atomic E-state index is 0.203. The highest BCUT2D eigenvalue weighted by atomic mass is 15.2. The maximum atomic E-state index is 6.48. The highest BCUT2D eigenvalue weighted by molar-refractivity contribution is 4.99. The normalized spacial score (nSPS) is 23.6. The summed E-state index contributed by atoms with van der Waals surface area (Å²) in [6, 6.07) is 0.358. The Bertz CT molecular complexity index is 185. The van der Waals surface area contributed by atoms with Crippen molar-refractivity contribution in [3.63, 3.8) is 0 Å². The van der Waals surface area contributed by atoms with Gasteiger partial charge in [0.2, 0.25) is 0 Å². The molecule has 2 nitrogen and oxygen atoms in total. The van der Waals surface area contributed by atoms with E-state index in [1.165, 1.54) is 19.3 Å². The fourth-order valence-corrected chi connectivity index (χ4v) is 2.92. The minimum absolute atomic E-state index is 0.203. The summed E-state index contributed by atoms with van der Waals surface area (Å²) < 4.78 is 0. The Morgan fingerprint density at radius 2 is 1.80 bits per heavy atom. The van der Waals surface area contributed by atoms with Gasteiger partial charge in [-0.1, -0.05) is 27.2 Å². The van der Waals surface area contributed by atoms with E-state index < -0.39 is 0 Å². The van der Waals surface area contributed by atoms with E-state index >= 15 is 0 Å². The second-order valence-corrected chi connectivity index (χ2v) is 5.10. The molecule has 0 aromatic heterocycles. The van der Waals surface area contributed by atoms with Crippen LogP contribution in [0.5, 0.6) is 0 Å². The van der Waals surface area contributed by atoms with Gasteiger partial charge in [0.25, 0.3) is 0 Å². The molecule has 1 rings (SSSR count). The summed E-state index contributed by atoms with van der Waals surface area (Å²) in [6.07, 6.45) is 5.23. The molecule has 0 aromatic rings. The average molecular weight is 212 g/mol. The van der Waals surface area contributed by atoms with Crippen molar-refractivity contribution in [1.82, 2.24) is 4.90 Å². The van der Waals surface area contributed by atoms with Crippen molar-refractivity contribution in [2.45, 2.75) is 65.0 Å². The van der Waals surface area contributed by atoms with Crippen LogP contribution in [0.4, 0.5) is 0 Å². The lowest BCUT2D eigenvalue weighted by Crippen LogP contribution is -2.61. The second kappa shape index (κ2) is 5.31. The molecule has 2 heteroatoms. The Balaban J connectivity index is 2.71. The molecule has 2 unspecified atom stereocenters. The van der Waals surface area contributed by atoms with Crippen molar-refractivity contribution in [1.29, 1.82) is 0 Å². The van der Waals surface area contributed by atoms with E-state index in [0.29, 0.717) is 6.04 Å². The Labute approximate surface area is 95.2 Å². The summed E-state index contributed by atoms with van der Waals surface area (Å²) in [5.41, 5.74) is 6.68. The van der Waals surface area contributed by atoms with Crippen LogP contribution in [-0.2, 0) is 0 Å². The van der Waals surface area contributed by atoms with Crippen molar-refractivity contribution < 1.29 is 0 Å². The third kappa shape index (κ3) is 2.36. The summed E-state index contributed by atoms with van der Waals surface area (Å²) in [6.45, 7) is 11.3. The first-order valence-electron chi connectivity index (χ1n) is 6.60. The first-order chi connectivity index (χ1) is 7.10. The van der Waals surface area contributed by atoms with Gasteiger partial charge in [-0.15, -0.1) is 0 Å². The molecule has 1 aliphatic carbocycles. The molecular formula is C13H28N2. The fraction of sp³-hybridized carbons (Fsp3) is 1.00. The van der Waals surface area contributed by atoms with E-state index in [2.05, 4.69) is 32.6 Å². The van der Waals surface area contributed by atoms with Crippen molar-refractivity contribution in [2.75, 3.05) is 13.1 Å². The summed E-state index contributed by atoms with van der Waals surface area (Å²) in [5, 5.41) is 0. The van der Waals surface area contributed by atoms with Gasteiger partial charge in [0.15, 0.2) is 0 Å². The summed E-state index contributed by atoms with van der Waals surface area (Å²) >= 11 is 0. The highest BCUT2D eigenvalue weighted by Gasteiger charge is 2.40. The Morgan fingerprint density at radius 1 is 1.27 bits per heavy atom. The lowest BCUT2D eigenvalue weighted by molar-refractivity contribution is 0.0434. The van der Waals surface area contributed by atoms with Gasteiger partial charge >= 0.3 is 0 Å². The van der Waals surface area contributed by atoms with Crippen LogP contribution in [0.3, 0.4) is 0 Å². The highest BCUT2D eigenvalue weighted by Crippen LogP contribution is 2.36. The van der Waals surface area contributed by atoms with Gasteiger partial charge in [-0.3, -0.25) is 4.90 Å². The molecule has 2 atom stereocenters. The Kier molecular flexibility index (Phi) is 4.60. The third-order valence-corrected chi connectivity index (χ3v) is 4.58. The maximum Gasteiger partial charge on any atom is 0.0332 e. The zero-order chi connectivity index (χ0) is 11.5. The van der Waals surface area contributed by atoms with Crippen LogP contribution in [0.1, 0.15) is 53.4 Å². The van der Waals surface area contributed by atoms with Crippen LogP contribution in [0.15, 0.2) is 0 Å². The van der Waals surface area contributed by atoms with E-state index in [9.17, 15) is 0 Å². The maximum absolute atomic E-state index is 6.48. The molecule has 0 radical (unpaired) electrons. The molecule has 0 spiro atoms. The first-order valence-corrected chi connectivity index (χ1v) is 6.60. The van der Waals surface area contributed by atoms with Crippen LogP contribution < -0.4 is 5.73 Å². The van der Waals surface area contributed by atoms with Crippen LogP contribution >= 0.6 is 0 Å². The number of likely N-dealkylation sites (N-methyl/N-ethyl adjacent to an activating group) is 1. The molecular weight excluding hydrogens is 184 g/mol. The van der Waals surface area contributed by atoms with Crippen LogP contribution in [0.25, 0.3) is 0 Å². The third-order valence-electron chi connectivity index (χ3n) is 4.58. The van der Waals surface area contributed by atoms with Crippen LogP contribution in [-0.4, -0.2) is 29.6 Å². The minimum Gasteiger partial charge on any atom is -0.326 e. The quantitative estimate of drug-likeness (QED) is 0.733. The zero-order valence-corrected chi connectivity index (χ0v) is 10.9. The molecule has 0 aliphatic heterocycles. The van der Waals surface area contributed by atoms with Gasteiger partial charge in [0.1, 0.15) is 0 Å². The van der Waals surface area contributed by atoms with Crippen LogP contribution in [0.2, 0.25) is 0 Å². The molecule has 1 fully saturated rings. The van der Waals surface area contributed by atoms with Crippen molar-refractivity contribution in [3.05, 3.63) is 0 Å². The molecule has 0 amide bonds. The van der Waals surface area contributed by atoms with Gasteiger partial charge in [-0.05, 0) is 45.2 Å². The molecule has 0 aromatic carbocycles. The number of hydrogen-bond acceptors (Lipinski definition) is 2. The standard InChI is InChI=1S/C13H28N2/c1-5-13(4,15(6-2)7-3)12(14)11-9-8-10-11/h11-12H,5-10,14H2,1-4H3. The van der Waals surface area contributed by atoms with Gasteiger partial charge in [-0.25, -0.2) is 0 Å². The molecule has 0 heterocycles. The smallest absolute Gasteiger partial charge is 0.0332 e. The van der Waals surface area contributed by atoms with Crippen molar-refractivity contribution in [3.8, 4) is 0 Å². The molecule has 0 bridgehead atoms. The predicted molar refractivity (Wildman–Crippen MR) is 66.9 cm³/mol. The number of nitrogens with zero attached hydrogens (tertiary/aromatic N) is 1. The van der Waals surface area contributed by atoms with Crippen molar-refractivity contribution >= 4 is 0 Å². The van der Waals surface area contributed by atoms with Gasteiger partial charge in [0.05, 0.1) is 0 Å². The monoisotopic (exact) mass is 212 g/mol. The SMILES string of the molecule is CCN(CC)C(C)(CC)C(N)C1CCC1. The average Bonchev–Trinajstić information content (AvgIpc) is 2.16. The molecule has 0 saturated heterocycles. The van der Waals surface area contributed by atoms with E-state index in [4.69, 9.17) is 5.73 Å². The molecule has 2 N–H and O–H groups in total. The largest absolute Gasteiger partial charge is 0.326 e. The fourth-order valence-electron chi connectivity index (χ4n) is 2.92. The van der Waals surface area contributed by atoms with E-state index in [-0.39, 0.29) is 5.54 Å².